The van der Waals surface area contributed by atoms with E-state index in [1.165, 1.54) is 16.7 Å². The Hall–Kier alpha value is -2.56. The van der Waals surface area contributed by atoms with Crippen LogP contribution in [0.25, 0.3) is 0 Å². The molecule has 0 bridgehead atoms. The van der Waals surface area contributed by atoms with Crippen molar-refractivity contribution in [2.45, 2.75) is 46.0 Å². The van der Waals surface area contributed by atoms with E-state index in [1.807, 2.05) is 16.0 Å². The Morgan fingerprint density at radius 2 is 2.00 bits per heavy atom. The summed E-state index contributed by atoms with van der Waals surface area (Å²) in [6, 6.07) is 6.75. The Morgan fingerprint density at radius 3 is 2.77 bits per heavy atom. The van der Waals surface area contributed by atoms with Gasteiger partial charge in [0.25, 0.3) is 0 Å². The number of amides is 2. The van der Waals surface area contributed by atoms with Crippen LogP contribution in [0.5, 0.6) is 0 Å². The number of carbonyl (C=O) groups is 1. The third-order valence-corrected chi connectivity index (χ3v) is 7.16. The molecule has 0 saturated carbocycles. The average molecular weight is 405 g/mol. The summed E-state index contributed by atoms with van der Waals surface area (Å²) in [6.45, 7) is 11.1. The van der Waals surface area contributed by atoms with Crippen molar-refractivity contribution in [1.82, 2.24) is 9.80 Å². The molecule has 4 heterocycles. The van der Waals surface area contributed by atoms with Crippen molar-refractivity contribution >= 4 is 17.6 Å². The number of anilines is 1. The summed E-state index contributed by atoms with van der Waals surface area (Å²) in [5.41, 5.74) is 5.30. The molecule has 0 N–H and O–H groups in total. The molecule has 1 aromatic rings. The number of fused-ring (bicyclic) bond motifs is 1. The molecule has 1 atom stereocenters. The Labute approximate surface area is 179 Å². The van der Waals surface area contributed by atoms with Crippen LogP contribution in [0.15, 0.2) is 47.1 Å². The zero-order chi connectivity index (χ0) is 20.9. The lowest BCUT2D eigenvalue weighted by molar-refractivity contribution is -0.0615. The first-order valence-electron chi connectivity index (χ1n) is 11.3. The summed E-state index contributed by atoms with van der Waals surface area (Å²) >= 11 is 0. The van der Waals surface area contributed by atoms with E-state index in [2.05, 4.69) is 61.0 Å². The maximum Gasteiger partial charge on any atom is 0.324 e. The number of allylic oxidation sites excluding steroid dienone is 2. The topological polar surface area (TPSA) is 39.2 Å². The molecule has 1 unspecified atom stereocenters. The number of aryl methyl sites for hydroxylation is 1. The normalized spacial score (nSPS) is 24.5. The molecule has 1 spiro atoms. The minimum absolute atomic E-state index is 0.184. The van der Waals surface area contributed by atoms with E-state index in [1.54, 1.807) is 0 Å². The lowest BCUT2D eigenvalue weighted by Gasteiger charge is -2.61. The maximum absolute atomic E-state index is 13.3. The van der Waals surface area contributed by atoms with E-state index in [9.17, 15) is 4.79 Å². The molecule has 158 valence electrons. The van der Waals surface area contributed by atoms with Gasteiger partial charge in [-0.1, -0.05) is 36.3 Å². The van der Waals surface area contributed by atoms with Crippen molar-refractivity contribution in [1.29, 1.82) is 0 Å². The fraction of sp³-hybridized carbons (Fsp3) is 0.520. The third-order valence-electron chi connectivity index (χ3n) is 7.16. The van der Waals surface area contributed by atoms with Crippen molar-refractivity contribution in [3.8, 4) is 0 Å². The predicted molar refractivity (Wildman–Crippen MR) is 122 cm³/mol. The summed E-state index contributed by atoms with van der Waals surface area (Å²) in [6.07, 6.45) is 9.48. The van der Waals surface area contributed by atoms with Gasteiger partial charge >= 0.3 is 6.03 Å². The molecule has 2 saturated heterocycles. The predicted octanol–water partition coefficient (Wildman–Crippen LogP) is 4.70. The van der Waals surface area contributed by atoms with E-state index >= 15 is 0 Å². The van der Waals surface area contributed by atoms with Crippen LogP contribution in [0.4, 0.5) is 10.5 Å². The van der Waals surface area contributed by atoms with Crippen LogP contribution in [0.2, 0.25) is 0 Å². The molecule has 0 aromatic heterocycles. The second-order valence-electron chi connectivity index (χ2n) is 9.67. The standard InChI is InChI=1S/C25H32N4O/c1-4-20-10-11-29(22-9-8-18(2)12-21(20)22)24(30)28-16-25(17-28)14-27(15-25)23-7-5-6-19(3)13-26-23/h5,7-9,12-13,20H,4,6,10-11,14-17H2,1-3H3. The van der Waals surface area contributed by atoms with Gasteiger partial charge in [0.15, 0.2) is 0 Å². The van der Waals surface area contributed by atoms with Crippen molar-refractivity contribution in [2.24, 2.45) is 10.4 Å². The fourth-order valence-electron chi connectivity index (χ4n) is 5.43. The lowest BCUT2D eigenvalue weighted by atomic mass is 9.73. The molecule has 2 fully saturated rings. The van der Waals surface area contributed by atoms with Crippen molar-refractivity contribution in [3.05, 3.63) is 53.3 Å². The average Bonchev–Trinajstić information content (AvgIpc) is 2.89. The summed E-state index contributed by atoms with van der Waals surface area (Å²) in [5.74, 6) is 1.63. The molecule has 5 nitrogen and oxygen atoms in total. The van der Waals surface area contributed by atoms with E-state index < -0.39 is 0 Å². The highest BCUT2D eigenvalue weighted by Gasteiger charge is 2.54. The van der Waals surface area contributed by atoms with E-state index in [0.717, 1.165) is 63.5 Å². The molecule has 4 aliphatic heterocycles. The Bertz CT molecular complexity index is 946. The molecule has 30 heavy (non-hydrogen) atoms. The minimum Gasteiger partial charge on any atom is -0.355 e. The van der Waals surface area contributed by atoms with Gasteiger partial charge in [-0.3, -0.25) is 4.90 Å². The van der Waals surface area contributed by atoms with Crippen molar-refractivity contribution in [3.63, 3.8) is 0 Å². The molecular weight excluding hydrogens is 372 g/mol. The molecule has 0 aliphatic carbocycles. The van der Waals surface area contributed by atoms with Gasteiger partial charge in [-0.25, -0.2) is 9.79 Å². The molecule has 5 heteroatoms. The molecule has 4 aliphatic rings. The van der Waals surface area contributed by atoms with Gasteiger partial charge in [-0.05, 0) is 56.7 Å². The quantitative estimate of drug-likeness (QED) is 0.681. The number of likely N-dealkylation sites (tertiary alicyclic amines) is 2. The van der Waals surface area contributed by atoms with E-state index in [0.29, 0.717) is 5.92 Å². The summed E-state index contributed by atoms with van der Waals surface area (Å²) in [4.78, 5) is 24.4. The zero-order valence-corrected chi connectivity index (χ0v) is 18.4. The summed E-state index contributed by atoms with van der Waals surface area (Å²) in [5, 5.41) is 0. The van der Waals surface area contributed by atoms with Crippen molar-refractivity contribution in [2.75, 3.05) is 37.6 Å². The van der Waals surface area contributed by atoms with Crippen LogP contribution in [0.1, 0.15) is 50.2 Å². The van der Waals surface area contributed by atoms with E-state index in [4.69, 9.17) is 0 Å². The SMILES string of the molecule is CCC1CCN(C(=O)N2CC3(C2)CN(C2=NC=C(C)CC=C2)C3)c2ccc(C)cc21. The smallest absolute Gasteiger partial charge is 0.324 e. The van der Waals surface area contributed by atoms with Gasteiger partial charge in [0, 0.05) is 50.0 Å². The molecule has 2 amide bonds. The summed E-state index contributed by atoms with van der Waals surface area (Å²) in [7, 11) is 0. The Morgan fingerprint density at radius 1 is 1.20 bits per heavy atom. The number of carbonyl (C=O) groups excluding carboxylic acids is 1. The molecular formula is C25H32N4O. The van der Waals surface area contributed by atoms with Gasteiger partial charge in [0.05, 0.1) is 0 Å². The van der Waals surface area contributed by atoms with Crippen LogP contribution < -0.4 is 4.90 Å². The van der Waals surface area contributed by atoms with Crippen LogP contribution in [-0.2, 0) is 0 Å². The monoisotopic (exact) mass is 404 g/mol. The van der Waals surface area contributed by atoms with Crippen LogP contribution in [-0.4, -0.2) is 54.4 Å². The second-order valence-corrected chi connectivity index (χ2v) is 9.67. The second kappa shape index (κ2) is 7.29. The number of nitrogens with zero attached hydrogens (tertiary/aromatic N) is 4. The highest BCUT2D eigenvalue weighted by molar-refractivity contribution is 5.96. The molecule has 0 radical (unpaired) electrons. The lowest BCUT2D eigenvalue weighted by Crippen LogP contribution is -2.74. The number of hydrogen-bond donors (Lipinski definition) is 0. The number of aliphatic imine (C=N–C) groups is 1. The third kappa shape index (κ3) is 3.24. The maximum atomic E-state index is 13.3. The molecule has 1 aromatic carbocycles. The van der Waals surface area contributed by atoms with Gasteiger partial charge < -0.3 is 9.80 Å². The number of amidine groups is 1. The van der Waals surface area contributed by atoms with Gasteiger partial charge in [0.1, 0.15) is 5.84 Å². The summed E-state index contributed by atoms with van der Waals surface area (Å²) < 4.78 is 0. The Kier molecular flexibility index (Phi) is 4.72. The fourth-order valence-corrected chi connectivity index (χ4v) is 5.43. The van der Waals surface area contributed by atoms with Gasteiger partial charge in [-0.15, -0.1) is 0 Å². The van der Waals surface area contributed by atoms with Gasteiger partial charge in [0.2, 0.25) is 0 Å². The largest absolute Gasteiger partial charge is 0.355 e. The first kappa shape index (κ1) is 19.4. The highest BCUT2D eigenvalue weighted by atomic mass is 16.2. The zero-order valence-electron chi connectivity index (χ0n) is 18.4. The van der Waals surface area contributed by atoms with Crippen LogP contribution >= 0.6 is 0 Å². The van der Waals surface area contributed by atoms with Crippen LogP contribution in [0.3, 0.4) is 0 Å². The first-order valence-corrected chi connectivity index (χ1v) is 11.3. The number of benzene rings is 1. The highest BCUT2D eigenvalue weighted by Crippen LogP contribution is 2.43. The minimum atomic E-state index is 0.184. The number of urea groups is 1. The van der Waals surface area contributed by atoms with Crippen LogP contribution in [0, 0.1) is 12.3 Å². The number of rotatable bonds is 1. The Balaban J connectivity index is 1.23. The number of hydrogen-bond acceptors (Lipinski definition) is 3. The van der Waals surface area contributed by atoms with Crippen molar-refractivity contribution < 1.29 is 4.79 Å². The van der Waals surface area contributed by atoms with Gasteiger partial charge in [-0.2, -0.15) is 0 Å². The van der Waals surface area contributed by atoms with E-state index in [-0.39, 0.29) is 11.4 Å². The molecule has 5 rings (SSSR count). The first-order chi connectivity index (χ1) is 14.5.